The Labute approximate surface area is 105 Å². The molecule has 1 rings (SSSR count). The van der Waals surface area contributed by atoms with Crippen LogP contribution in [0.4, 0.5) is 0 Å². The summed E-state index contributed by atoms with van der Waals surface area (Å²) in [5.74, 6) is 0.313. The molecule has 0 saturated carbocycles. The standard InChI is InChI=1S/C11H18BrN3O/c1-7(2)10(12)11(16)13-5-9-6-14-15(4)8(9)3/h6-7,10H,5H2,1-4H3,(H,13,16). The molecule has 1 aromatic rings. The van der Waals surface area contributed by atoms with Crippen molar-refractivity contribution >= 4 is 21.8 Å². The molecule has 5 heteroatoms. The Morgan fingerprint density at radius 3 is 2.69 bits per heavy atom. The van der Waals surface area contributed by atoms with E-state index >= 15 is 0 Å². The van der Waals surface area contributed by atoms with Gasteiger partial charge in [-0.2, -0.15) is 5.10 Å². The van der Waals surface area contributed by atoms with Gasteiger partial charge >= 0.3 is 0 Å². The van der Waals surface area contributed by atoms with E-state index in [9.17, 15) is 4.79 Å². The summed E-state index contributed by atoms with van der Waals surface area (Å²) in [5.41, 5.74) is 2.13. The third-order valence-corrected chi connectivity index (χ3v) is 4.10. The van der Waals surface area contributed by atoms with Crippen molar-refractivity contribution in [3.8, 4) is 0 Å². The fraction of sp³-hybridized carbons (Fsp3) is 0.636. The molecular weight excluding hydrogens is 270 g/mol. The summed E-state index contributed by atoms with van der Waals surface area (Å²) in [4.78, 5) is 11.6. The molecule has 1 unspecified atom stereocenters. The van der Waals surface area contributed by atoms with Crippen LogP contribution >= 0.6 is 15.9 Å². The fourth-order valence-electron chi connectivity index (χ4n) is 1.30. The van der Waals surface area contributed by atoms with Gasteiger partial charge in [0, 0.05) is 24.8 Å². The minimum atomic E-state index is -0.135. The average molecular weight is 288 g/mol. The number of alkyl halides is 1. The number of aromatic nitrogens is 2. The summed E-state index contributed by atoms with van der Waals surface area (Å²) in [5, 5.41) is 7.02. The largest absolute Gasteiger partial charge is 0.351 e. The minimum Gasteiger partial charge on any atom is -0.351 e. The minimum absolute atomic E-state index is 0.0262. The lowest BCUT2D eigenvalue weighted by atomic mass is 10.1. The summed E-state index contributed by atoms with van der Waals surface area (Å²) in [6.45, 7) is 6.54. The van der Waals surface area contributed by atoms with Crippen LogP contribution in [0, 0.1) is 12.8 Å². The highest BCUT2D eigenvalue weighted by molar-refractivity contribution is 9.10. The lowest BCUT2D eigenvalue weighted by molar-refractivity contribution is -0.121. The van der Waals surface area contributed by atoms with Crippen LogP contribution in [0.1, 0.15) is 25.1 Å². The van der Waals surface area contributed by atoms with E-state index in [1.807, 2.05) is 27.8 Å². The fourth-order valence-corrected chi connectivity index (χ4v) is 1.46. The maximum absolute atomic E-state index is 11.7. The van der Waals surface area contributed by atoms with Crippen molar-refractivity contribution in [3.63, 3.8) is 0 Å². The SMILES string of the molecule is Cc1c(CNC(=O)C(Br)C(C)C)cnn1C. The zero-order valence-electron chi connectivity index (χ0n) is 10.1. The molecule has 1 N–H and O–H groups in total. The number of nitrogens with zero attached hydrogens (tertiary/aromatic N) is 2. The zero-order chi connectivity index (χ0) is 12.3. The Balaban J connectivity index is 2.52. The Morgan fingerprint density at radius 1 is 1.62 bits per heavy atom. The molecule has 1 atom stereocenters. The maximum Gasteiger partial charge on any atom is 0.234 e. The van der Waals surface area contributed by atoms with Crippen molar-refractivity contribution in [1.29, 1.82) is 0 Å². The van der Waals surface area contributed by atoms with Gasteiger partial charge in [-0.15, -0.1) is 0 Å². The smallest absolute Gasteiger partial charge is 0.234 e. The van der Waals surface area contributed by atoms with E-state index < -0.39 is 0 Å². The molecule has 1 amide bonds. The molecule has 1 aromatic heterocycles. The van der Waals surface area contributed by atoms with Gasteiger partial charge < -0.3 is 5.32 Å². The number of hydrogen-bond donors (Lipinski definition) is 1. The highest BCUT2D eigenvalue weighted by Gasteiger charge is 2.18. The van der Waals surface area contributed by atoms with E-state index in [-0.39, 0.29) is 16.7 Å². The first-order valence-electron chi connectivity index (χ1n) is 5.32. The molecule has 0 aliphatic carbocycles. The van der Waals surface area contributed by atoms with Crippen molar-refractivity contribution in [2.45, 2.75) is 32.1 Å². The molecule has 0 aromatic carbocycles. The molecule has 0 aliphatic rings. The third kappa shape index (κ3) is 3.07. The molecule has 0 spiro atoms. The van der Waals surface area contributed by atoms with Crippen molar-refractivity contribution in [1.82, 2.24) is 15.1 Å². The highest BCUT2D eigenvalue weighted by Crippen LogP contribution is 2.12. The van der Waals surface area contributed by atoms with Crippen LogP contribution < -0.4 is 5.32 Å². The molecule has 0 aliphatic heterocycles. The quantitative estimate of drug-likeness (QED) is 0.858. The van der Waals surface area contributed by atoms with Crippen molar-refractivity contribution in [3.05, 3.63) is 17.5 Å². The van der Waals surface area contributed by atoms with Crippen LogP contribution in [-0.4, -0.2) is 20.5 Å². The predicted octanol–water partition coefficient (Wildman–Crippen LogP) is 1.76. The lowest BCUT2D eigenvalue weighted by Gasteiger charge is -2.13. The monoisotopic (exact) mass is 287 g/mol. The Morgan fingerprint density at radius 2 is 2.25 bits per heavy atom. The van der Waals surface area contributed by atoms with Crippen molar-refractivity contribution in [2.75, 3.05) is 0 Å². The van der Waals surface area contributed by atoms with Crippen LogP contribution in [0.25, 0.3) is 0 Å². The number of carbonyl (C=O) groups is 1. The first-order valence-corrected chi connectivity index (χ1v) is 6.24. The number of hydrogen-bond acceptors (Lipinski definition) is 2. The molecular formula is C11H18BrN3O. The second-order valence-corrected chi connectivity index (χ2v) is 5.23. The summed E-state index contributed by atoms with van der Waals surface area (Å²) in [7, 11) is 1.89. The van der Waals surface area contributed by atoms with Gasteiger partial charge in [-0.05, 0) is 12.8 Å². The topological polar surface area (TPSA) is 46.9 Å². The second kappa shape index (κ2) is 5.48. The van der Waals surface area contributed by atoms with Crippen LogP contribution in [0.5, 0.6) is 0 Å². The van der Waals surface area contributed by atoms with E-state index in [4.69, 9.17) is 0 Å². The predicted molar refractivity (Wildman–Crippen MR) is 67.3 cm³/mol. The number of rotatable bonds is 4. The second-order valence-electron chi connectivity index (χ2n) is 4.24. The van der Waals surface area contributed by atoms with Crippen molar-refractivity contribution in [2.24, 2.45) is 13.0 Å². The van der Waals surface area contributed by atoms with Gasteiger partial charge in [-0.1, -0.05) is 29.8 Å². The number of amides is 1. The Hall–Kier alpha value is -0.840. The molecule has 4 nitrogen and oxygen atoms in total. The highest BCUT2D eigenvalue weighted by atomic mass is 79.9. The number of carbonyl (C=O) groups excluding carboxylic acids is 1. The van der Waals surface area contributed by atoms with Crippen molar-refractivity contribution < 1.29 is 4.79 Å². The zero-order valence-corrected chi connectivity index (χ0v) is 11.7. The van der Waals surface area contributed by atoms with E-state index in [0.29, 0.717) is 6.54 Å². The van der Waals surface area contributed by atoms with E-state index in [1.54, 1.807) is 10.9 Å². The van der Waals surface area contributed by atoms with Gasteiger partial charge in [0.2, 0.25) is 5.91 Å². The summed E-state index contributed by atoms with van der Waals surface area (Å²) in [6.07, 6.45) is 1.79. The molecule has 90 valence electrons. The van der Waals surface area contributed by atoms with Gasteiger partial charge in [0.1, 0.15) is 0 Å². The van der Waals surface area contributed by atoms with Crippen LogP contribution in [0.3, 0.4) is 0 Å². The number of nitrogens with one attached hydrogen (secondary N) is 1. The third-order valence-electron chi connectivity index (χ3n) is 2.63. The summed E-state index contributed by atoms with van der Waals surface area (Å²) < 4.78 is 1.80. The lowest BCUT2D eigenvalue weighted by Crippen LogP contribution is -2.33. The van der Waals surface area contributed by atoms with Crippen LogP contribution in [-0.2, 0) is 18.4 Å². The van der Waals surface area contributed by atoms with E-state index in [1.165, 1.54) is 0 Å². The molecule has 0 saturated heterocycles. The van der Waals surface area contributed by atoms with Crippen LogP contribution in [0.2, 0.25) is 0 Å². The maximum atomic E-state index is 11.7. The molecule has 0 fully saturated rings. The number of halogens is 1. The molecule has 1 heterocycles. The van der Waals surface area contributed by atoms with Gasteiger partial charge in [-0.3, -0.25) is 9.48 Å². The van der Waals surface area contributed by atoms with Crippen LogP contribution in [0.15, 0.2) is 6.20 Å². The Kier molecular flexibility index (Phi) is 4.53. The van der Waals surface area contributed by atoms with E-state index in [0.717, 1.165) is 11.3 Å². The van der Waals surface area contributed by atoms with Gasteiger partial charge in [-0.25, -0.2) is 0 Å². The number of aryl methyl sites for hydroxylation is 1. The normalized spacial score (nSPS) is 12.9. The van der Waals surface area contributed by atoms with Gasteiger partial charge in [0.05, 0.1) is 11.0 Å². The average Bonchev–Trinajstić information content (AvgIpc) is 2.55. The molecule has 16 heavy (non-hydrogen) atoms. The van der Waals surface area contributed by atoms with E-state index in [2.05, 4.69) is 26.3 Å². The molecule has 0 bridgehead atoms. The summed E-state index contributed by atoms with van der Waals surface area (Å²) >= 11 is 3.37. The Bertz CT molecular complexity index is 373. The first kappa shape index (κ1) is 13.2. The molecule has 0 radical (unpaired) electrons. The summed E-state index contributed by atoms with van der Waals surface area (Å²) in [6, 6.07) is 0. The first-order chi connectivity index (χ1) is 7.43. The van der Waals surface area contributed by atoms with Gasteiger partial charge in [0.25, 0.3) is 0 Å². The van der Waals surface area contributed by atoms with Gasteiger partial charge in [0.15, 0.2) is 0 Å².